The molecule has 0 spiro atoms. The molecular weight excluding hydrogens is 401 g/mol. The lowest BCUT2D eigenvalue weighted by Gasteiger charge is -2.37. The third-order valence-electron chi connectivity index (χ3n) is 6.35. The van der Waals surface area contributed by atoms with Crippen molar-refractivity contribution in [2.75, 3.05) is 24.3 Å². The van der Waals surface area contributed by atoms with E-state index in [1.807, 2.05) is 11.9 Å². The summed E-state index contributed by atoms with van der Waals surface area (Å²) < 4.78 is 38.6. The highest BCUT2D eigenvalue weighted by atomic mass is 19.4. The number of carbonyl (C=O) groups excluding carboxylic acids is 1. The lowest BCUT2D eigenvalue weighted by molar-refractivity contribution is -0.384. The third kappa shape index (κ3) is 4.62. The summed E-state index contributed by atoms with van der Waals surface area (Å²) in [4.78, 5) is 25.9. The number of nitro benzene ring substituents is 1. The molecular formula is C20H27F3N4O3. The van der Waals surface area contributed by atoms with Crippen LogP contribution < -0.4 is 15.5 Å². The van der Waals surface area contributed by atoms with Gasteiger partial charge in [-0.2, -0.15) is 13.2 Å². The molecule has 0 aliphatic heterocycles. The number of hydrogen-bond acceptors (Lipinski definition) is 5. The summed E-state index contributed by atoms with van der Waals surface area (Å²) in [7, 11) is 3.43. The Balaban J connectivity index is 1.83. The number of hydrogen-bond donors (Lipinski definition) is 2. The minimum atomic E-state index is -4.21. The Kier molecular flexibility index (Phi) is 6.42. The van der Waals surface area contributed by atoms with Gasteiger partial charge in [0.1, 0.15) is 5.69 Å². The van der Waals surface area contributed by atoms with Crippen molar-refractivity contribution in [2.24, 2.45) is 5.92 Å². The van der Waals surface area contributed by atoms with E-state index in [-0.39, 0.29) is 49.0 Å². The first-order valence-corrected chi connectivity index (χ1v) is 10.2. The van der Waals surface area contributed by atoms with E-state index >= 15 is 0 Å². The maximum Gasteiger partial charge on any atom is 0.391 e. The van der Waals surface area contributed by atoms with Crippen LogP contribution in [0.15, 0.2) is 12.1 Å². The van der Waals surface area contributed by atoms with Crippen LogP contribution in [0.3, 0.4) is 0 Å². The maximum absolute atomic E-state index is 13.0. The van der Waals surface area contributed by atoms with Crippen LogP contribution in [-0.4, -0.2) is 43.2 Å². The second-order valence-electron chi connectivity index (χ2n) is 8.15. The fourth-order valence-corrected chi connectivity index (χ4v) is 4.20. The Morgan fingerprint density at radius 2 is 1.80 bits per heavy atom. The van der Waals surface area contributed by atoms with E-state index in [1.54, 1.807) is 13.1 Å². The normalized spacial score (nSPS) is 22.2. The Bertz CT molecular complexity index is 803. The Morgan fingerprint density at radius 3 is 2.27 bits per heavy atom. The molecule has 0 radical (unpaired) electrons. The van der Waals surface area contributed by atoms with Crippen LogP contribution in [0.1, 0.15) is 55.3 Å². The topological polar surface area (TPSA) is 87.5 Å². The molecule has 0 bridgehead atoms. The van der Waals surface area contributed by atoms with Gasteiger partial charge >= 0.3 is 6.18 Å². The quantitative estimate of drug-likeness (QED) is 0.515. The molecule has 2 aliphatic carbocycles. The summed E-state index contributed by atoms with van der Waals surface area (Å²) >= 11 is 0. The number of anilines is 2. The van der Waals surface area contributed by atoms with E-state index in [0.717, 1.165) is 19.3 Å². The third-order valence-corrected chi connectivity index (χ3v) is 6.35. The molecule has 1 aromatic carbocycles. The summed E-state index contributed by atoms with van der Waals surface area (Å²) in [6.45, 7) is 0. The van der Waals surface area contributed by atoms with E-state index in [9.17, 15) is 28.1 Å². The second-order valence-corrected chi connectivity index (χ2v) is 8.15. The Labute approximate surface area is 173 Å². The van der Waals surface area contributed by atoms with Crippen molar-refractivity contribution in [2.45, 2.75) is 63.2 Å². The first-order valence-electron chi connectivity index (χ1n) is 10.2. The average Bonchev–Trinajstić information content (AvgIpc) is 2.65. The van der Waals surface area contributed by atoms with Crippen molar-refractivity contribution in [1.29, 1.82) is 0 Å². The summed E-state index contributed by atoms with van der Waals surface area (Å²) in [5.41, 5.74) is 0.849. The number of amides is 1. The molecule has 0 heterocycles. The van der Waals surface area contributed by atoms with Gasteiger partial charge in [-0.3, -0.25) is 14.9 Å². The van der Waals surface area contributed by atoms with E-state index in [4.69, 9.17) is 0 Å². The Morgan fingerprint density at radius 1 is 1.17 bits per heavy atom. The summed E-state index contributed by atoms with van der Waals surface area (Å²) in [6, 6.07) is 2.74. The van der Waals surface area contributed by atoms with Crippen LogP contribution in [0, 0.1) is 16.0 Å². The zero-order valence-electron chi connectivity index (χ0n) is 17.1. The maximum atomic E-state index is 13.0. The van der Waals surface area contributed by atoms with Crippen molar-refractivity contribution in [3.05, 3.63) is 27.8 Å². The van der Waals surface area contributed by atoms with Crippen LogP contribution in [0.2, 0.25) is 0 Å². The standard InChI is InChI=1S/C20H27F3N4O3/c1-24-16-11-17(26(2)14-4-3-5-14)15(10-18(16)27(29)30)19(28)25-13-8-6-12(7-9-13)20(21,22)23/h10-14,24H,3-9H2,1-2H3,(H,25,28). The van der Waals surface area contributed by atoms with Gasteiger partial charge in [0, 0.05) is 32.2 Å². The second kappa shape index (κ2) is 8.69. The lowest BCUT2D eigenvalue weighted by atomic mass is 9.85. The SMILES string of the molecule is CNc1cc(N(C)C2CCC2)c(C(=O)NC2CCC(C(F)(F)F)CC2)cc1[N+](=O)[O-]. The van der Waals surface area contributed by atoms with Gasteiger partial charge in [0.05, 0.1) is 22.1 Å². The monoisotopic (exact) mass is 428 g/mol. The molecule has 2 N–H and O–H groups in total. The molecule has 3 rings (SSSR count). The van der Waals surface area contributed by atoms with Crippen molar-refractivity contribution >= 4 is 23.0 Å². The molecule has 2 aliphatic rings. The van der Waals surface area contributed by atoms with E-state index in [1.165, 1.54) is 6.07 Å². The predicted molar refractivity (Wildman–Crippen MR) is 108 cm³/mol. The Hall–Kier alpha value is -2.52. The fourth-order valence-electron chi connectivity index (χ4n) is 4.20. The van der Waals surface area contributed by atoms with Crippen LogP contribution >= 0.6 is 0 Å². The number of nitro groups is 1. The van der Waals surface area contributed by atoms with Crippen molar-refractivity contribution in [1.82, 2.24) is 5.32 Å². The molecule has 0 saturated heterocycles. The van der Waals surface area contributed by atoms with Crippen LogP contribution in [0.4, 0.5) is 30.2 Å². The number of nitrogens with one attached hydrogen (secondary N) is 2. The van der Waals surface area contributed by atoms with Crippen molar-refractivity contribution < 1.29 is 22.9 Å². The molecule has 0 aromatic heterocycles. The van der Waals surface area contributed by atoms with Gasteiger partial charge in [0.15, 0.2) is 0 Å². The molecule has 1 amide bonds. The molecule has 7 nitrogen and oxygen atoms in total. The van der Waals surface area contributed by atoms with Crippen LogP contribution in [0.25, 0.3) is 0 Å². The van der Waals surface area contributed by atoms with Crippen molar-refractivity contribution in [3.63, 3.8) is 0 Å². The van der Waals surface area contributed by atoms with E-state index in [0.29, 0.717) is 11.4 Å². The van der Waals surface area contributed by atoms with Crippen LogP contribution in [0.5, 0.6) is 0 Å². The number of alkyl halides is 3. The van der Waals surface area contributed by atoms with E-state index < -0.39 is 22.9 Å². The molecule has 1 aromatic rings. The fraction of sp³-hybridized carbons (Fsp3) is 0.650. The van der Waals surface area contributed by atoms with Gasteiger partial charge in [0.25, 0.3) is 11.6 Å². The number of rotatable bonds is 6. The molecule has 0 atom stereocenters. The average molecular weight is 428 g/mol. The van der Waals surface area contributed by atoms with Gasteiger partial charge in [-0.05, 0) is 51.0 Å². The highest BCUT2D eigenvalue weighted by Crippen LogP contribution is 2.39. The highest BCUT2D eigenvalue weighted by molar-refractivity contribution is 6.02. The molecule has 166 valence electrons. The molecule has 30 heavy (non-hydrogen) atoms. The molecule has 10 heteroatoms. The molecule has 0 unspecified atom stereocenters. The lowest BCUT2D eigenvalue weighted by Crippen LogP contribution is -2.42. The zero-order chi connectivity index (χ0) is 22.1. The number of carbonyl (C=O) groups is 1. The highest BCUT2D eigenvalue weighted by Gasteiger charge is 2.41. The summed E-state index contributed by atoms with van der Waals surface area (Å²) in [5.74, 6) is -1.82. The van der Waals surface area contributed by atoms with Crippen LogP contribution in [-0.2, 0) is 0 Å². The van der Waals surface area contributed by atoms with Gasteiger partial charge in [0.2, 0.25) is 0 Å². The predicted octanol–water partition coefficient (Wildman–Crippen LogP) is 4.48. The molecule has 2 saturated carbocycles. The summed E-state index contributed by atoms with van der Waals surface area (Å²) in [6.07, 6.45) is -0.747. The first kappa shape index (κ1) is 22.2. The van der Waals surface area contributed by atoms with Gasteiger partial charge in [-0.25, -0.2) is 0 Å². The first-order chi connectivity index (χ1) is 14.1. The number of benzene rings is 1. The smallest absolute Gasteiger partial charge is 0.383 e. The minimum Gasteiger partial charge on any atom is -0.383 e. The number of nitrogens with zero attached hydrogens (tertiary/aromatic N) is 2. The summed E-state index contributed by atoms with van der Waals surface area (Å²) in [5, 5.41) is 17.1. The van der Waals surface area contributed by atoms with Gasteiger partial charge in [-0.1, -0.05) is 0 Å². The van der Waals surface area contributed by atoms with Gasteiger partial charge < -0.3 is 15.5 Å². The largest absolute Gasteiger partial charge is 0.391 e. The minimum absolute atomic E-state index is 0.0257. The van der Waals surface area contributed by atoms with Crippen molar-refractivity contribution in [3.8, 4) is 0 Å². The molecule has 2 fully saturated rings. The van der Waals surface area contributed by atoms with E-state index in [2.05, 4.69) is 10.6 Å². The zero-order valence-corrected chi connectivity index (χ0v) is 17.1. The van der Waals surface area contributed by atoms with Gasteiger partial charge in [-0.15, -0.1) is 0 Å². The number of halogens is 3.